The molecule has 3 rings (SSSR count). The van der Waals surface area contributed by atoms with Crippen LogP contribution in [0.5, 0.6) is 0 Å². The number of hydrogen-bond acceptors (Lipinski definition) is 7. The first-order chi connectivity index (χ1) is 14.8. The Morgan fingerprint density at radius 1 is 1.06 bits per heavy atom. The van der Waals surface area contributed by atoms with Gasteiger partial charge in [0.2, 0.25) is 11.9 Å². The molecule has 172 valence electrons. The maximum Gasteiger partial charge on any atom is 0.410 e. The lowest BCUT2D eigenvalue weighted by Crippen LogP contribution is -2.47. The van der Waals surface area contributed by atoms with Crippen LogP contribution in [0.4, 0.5) is 10.7 Å². The molecule has 1 aromatic rings. The standard InChI is InChI=1S/C22H36N6O3/c1-22(2,3)31-21(30)28-12-6-18(7-13-28)19(29)23-10-5-11-26-14-16-27(17-15-26)20-24-8-4-9-25-20/h4,8-9,18H,5-7,10-17H2,1-3H3,(H,23,29). The Morgan fingerprint density at radius 3 is 2.32 bits per heavy atom. The third kappa shape index (κ3) is 7.34. The van der Waals surface area contributed by atoms with Crippen LogP contribution < -0.4 is 10.2 Å². The normalized spacial score (nSPS) is 18.7. The second-order valence-corrected chi connectivity index (χ2v) is 9.26. The van der Waals surface area contributed by atoms with E-state index in [1.165, 1.54) is 0 Å². The van der Waals surface area contributed by atoms with Gasteiger partial charge in [0.25, 0.3) is 0 Å². The van der Waals surface area contributed by atoms with Crippen molar-refractivity contribution >= 4 is 17.9 Å². The first kappa shape index (κ1) is 23.2. The highest BCUT2D eigenvalue weighted by molar-refractivity contribution is 5.79. The van der Waals surface area contributed by atoms with E-state index in [4.69, 9.17) is 4.74 Å². The predicted octanol–water partition coefficient (Wildman–Crippen LogP) is 1.75. The Morgan fingerprint density at radius 2 is 1.71 bits per heavy atom. The number of piperazine rings is 1. The smallest absolute Gasteiger partial charge is 0.410 e. The summed E-state index contributed by atoms with van der Waals surface area (Å²) in [6.07, 6.45) is 5.58. The molecule has 0 aliphatic carbocycles. The van der Waals surface area contributed by atoms with Crippen molar-refractivity contribution in [1.82, 2.24) is 25.1 Å². The van der Waals surface area contributed by atoms with Gasteiger partial charge < -0.3 is 19.9 Å². The van der Waals surface area contributed by atoms with E-state index in [0.717, 1.165) is 45.1 Å². The van der Waals surface area contributed by atoms with Crippen molar-refractivity contribution in [2.24, 2.45) is 5.92 Å². The van der Waals surface area contributed by atoms with Crippen LogP contribution in [0.25, 0.3) is 0 Å². The van der Waals surface area contributed by atoms with E-state index in [9.17, 15) is 9.59 Å². The lowest BCUT2D eigenvalue weighted by molar-refractivity contribution is -0.126. The van der Waals surface area contributed by atoms with E-state index in [1.807, 2.05) is 26.8 Å². The highest BCUT2D eigenvalue weighted by Gasteiger charge is 2.29. The van der Waals surface area contributed by atoms with Crippen LogP contribution in [0.1, 0.15) is 40.0 Å². The molecule has 0 radical (unpaired) electrons. The van der Waals surface area contributed by atoms with Crippen molar-refractivity contribution in [2.45, 2.75) is 45.6 Å². The van der Waals surface area contributed by atoms with Crippen LogP contribution in [0.3, 0.4) is 0 Å². The number of ether oxygens (including phenoxy) is 1. The Balaban J connectivity index is 1.27. The number of anilines is 1. The maximum atomic E-state index is 12.5. The molecule has 0 bridgehead atoms. The molecule has 0 aromatic carbocycles. The Hall–Kier alpha value is -2.42. The molecule has 2 amide bonds. The molecule has 9 heteroatoms. The zero-order valence-electron chi connectivity index (χ0n) is 19.0. The van der Waals surface area contributed by atoms with Crippen LogP contribution >= 0.6 is 0 Å². The number of likely N-dealkylation sites (tertiary alicyclic amines) is 1. The number of carbonyl (C=O) groups is 2. The quantitative estimate of drug-likeness (QED) is 0.685. The lowest BCUT2D eigenvalue weighted by atomic mass is 9.96. The SMILES string of the molecule is CC(C)(C)OC(=O)N1CCC(C(=O)NCCCN2CCN(c3ncccn3)CC2)CC1. The summed E-state index contributed by atoms with van der Waals surface area (Å²) in [7, 11) is 0. The zero-order chi connectivity index (χ0) is 22.3. The molecule has 0 unspecified atom stereocenters. The topological polar surface area (TPSA) is 90.9 Å². The van der Waals surface area contributed by atoms with Gasteiger partial charge in [0, 0.05) is 64.1 Å². The van der Waals surface area contributed by atoms with Crippen molar-refractivity contribution < 1.29 is 14.3 Å². The summed E-state index contributed by atoms with van der Waals surface area (Å²) in [5.74, 6) is 0.884. The van der Waals surface area contributed by atoms with Crippen LogP contribution in [-0.4, -0.2) is 89.7 Å². The van der Waals surface area contributed by atoms with Gasteiger partial charge in [-0.1, -0.05) is 0 Å². The fraction of sp³-hybridized carbons (Fsp3) is 0.727. The molecule has 2 aliphatic heterocycles. The number of nitrogens with zero attached hydrogens (tertiary/aromatic N) is 5. The summed E-state index contributed by atoms with van der Waals surface area (Å²) in [5, 5.41) is 3.08. The van der Waals surface area contributed by atoms with Crippen molar-refractivity contribution in [3.63, 3.8) is 0 Å². The van der Waals surface area contributed by atoms with E-state index in [0.29, 0.717) is 32.5 Å². The largest absolute Gasteiger partial charge is 0.444 e. The zero-order valence-corrected chi connectivity index (χ0v) is 19.0. The predicted molar refractivity (Wildman–Crippen MR) is 119 cm³/mol. The minimum absolute atomic E-state index is 0.0203. The van der Waals surface area contributed by atoms with Crippen LogP contribution in [0, 0.1) is 5.92 Å². The van der Waals surface area contributed by atoms with E-state index in [2.05, 4.69) is 25.1 Å². The molecule has 1 N–H and O–H groups in total. The van der Waals surface area contributed by atoms with E-state index in [-0.39, 0.29) is 17.9 Å². The third-order valence-electron chi connectivity index (χ3n) is 5.68. The highest BCUT2D eigenvalue weighted by atomic mass is 16.6. The van der Waals surface area contributed by atoms with Crippen molar-refractivity contribution in [2.75, 3.05) is 57.3 Å². The average Bonchev–Trinajstić information content (AvgIpc) is 2.76. The summed E-state index contributed by atoms with van der Waals surface area (Å²) in [4.78, 5) is 39.6. The average molecular weight is 433 g/mol. The number of amides is 2. The number of hydrogen-bond donors (Lipinski definition) is 1. The van der Waals surface area contributed by atoms with Gasteiger partial charge in [-0.15, -0.1) is 0 Å². The molecule has 0 spiro atoms. The van der Waals surface area contributed by atoms with E-state index < -0.39 is 5.60 Å². The van der Waals surface area contributed by atoms with Crippen molar-refractivity contribution in [3.05, 3.63) is 18.5 Å². The molecule has 3 heterocycles. The Bertz CT molecular complexity index is 708. The van der Waals surface area contributed by atoms with Crippen LogP contribution in [0.2, 0.25) is 0 Å². The lowest BCUT2D eigenvalue weighted by Gasteiger charge is -2.34. The number of aromatic nitrogens is 2. The van der Waals surface area contributed by atoms with Gasteiger partial charge in [0.1, 0.15) is 5.60 Å². The molecular weight excluding hydrogens is 396 g/mol. The Labute approximate surface area is 185 Å². The number of carbonyl (C=O) groups excluding carboxylic acids is 2. The summed E-state index contributed by atoms with van der Waals surface area (Å²) in [5.41, 5.74) is -0.493. The summed E-state index contributed by atoms with van der Waals surface area (Å²) in [6.45, 7) is 12.2. The van der Waals surface area contributed by atoms with Gasteiger partial charge >= 0.3 is 6.09 Å². The molecule has 9 nitrogen and oxygen atoms in total. The number of piperidine rings is 1. The molecular formula is C22H36N6O3. The first-order valence-electron chi connectivity index (χ1n) is 11.3. The van der Waals surface area contributed by atoms with Crippen molar-refractivity contribution in [1.29, 1.82) is 0 Å². The molecule has 0 atom stereocenters. The third-order valence-corrected chi connectivity index (χ3v) is 5.68. The summed E-state index contributed by atoms with van der Waals surface area (Å²) >= 11 is 0. The molecule has 2 aliphatic rings. The molecule has 1 aromatic heterocycles. The minimum Gasteiger partial charge on any atom is -0.444 e. The van der Waals surface area contributed by atoms with Gasteiger partial charge in [0.15, 0.2) is 0 Å². The van der Waals surface area contributed by atoms with Gasteiger partial charge in [-0.05, 0) is 52.6 Å². The Kier molecular flexibility index (Phi) is 8.06. The van der Waals surface area contributed by atoms with Gasteiger partial charge in [-0.3, -0.25) is 9.69 Å². The molecule has 2 fully saturated rings. The summed E-state index contributed by atoms with van der Waals surface area (Å²) in [6, 6.07) is 1.83. The fourth-order valence-electron chi connectivity index (χ4n) is 3.94. The monoisotopic (exact) mass is 432 g/mol. The van der Waals surface area contributed by atoms with Gasteiger partial charge in [0.05, 0.1) is 0 Å². The van der Waals surface area contributed by atoms with Crippen molar-refractivity contribution in [3.8, 4) is 0 Å². The fourth-order valence-corrected chi connectivity index (χ4v) is 3.94. The number of nitrogens with one attached hydrogen (secondary N) is 1. The second kappa shape index (κ2) is 10.7. The molecule has 2 saturated heterocycles. The van der Waals surface area contributed by atoms with Gasteiger partial charge in [-0.25, -0.2) is 14.8 Å². The second-order valence-electron chi connectivity index (χ2n) is 9.26. The minimum atomic E-state index is -0.493. The summed E-state index contributed by atoms with van der Waals surface area (Å²) < 4.78 is 5.41. The van der Waals surface area contributed by atoms with Crippen LogP contribution in [-0.2, 0) is 9.53 Å². The van der Waals surface area contributed by atoms with E-state index >= 15 is 0 Å². The van der Waals surface area contributed by atoms with E-state index in [1.54, 1.807) is 17.3 Å². The molecule has 0 saturated carbocycles. The highest BCUT2D eigenvalue weighted by Crippen LogP contribution is 2.20. The number of rotatable bonds is 6. The first-order valence-corrected chi connectivity index (χ1v) is 11.3. The van der Waals surface area contributed by atoms with Gasteiger partial charge in [-0.2, -0.15) is 0 Å². The molecule has 31 heavy (non-hydrogen) atoms. The maximum absolute atomic E-state index is 12.5. The van der Waals surface area contributed by atoms with Crippen LogP contribution in [0.15, 0.2) is 18.5 Å².